The predicted molar refractivity (Wildman–Crippen MR) is 98.8 cm³/mol. The van der Waals surface area contributed by atoms with Crippen LogP contribution in [0.2, 0.25) is 10.3 Å². The van der Waals surface area contributed by atoms with Crippen LogP contribution in [-0.4, -0.2) is 20.2 Å². The molecule has 3 heterocycles. The summed E-state index contributed by atoms with van der Waals surface area (Å²) in [6, 6.07) is 7.78. The molecule has 3 aromatic heterocycles. The standard InChI is InChI=1S/C16H11Cl2N5S/c17-8-3-4-9-11(5-8)24-14-13(9)20-16(18)21-15(14)19-12-6-10(22-23-12)7-1-2-7/h3-7H,1-2H2,(H2,19,20,21,22,23). The number of hydrogen-bond acceptors (Lipinski definition) is 5. The molecule has 1 aromatic carbocycles. The smallest absolute Gasteiger partial charge is 0.225 e. The van der Waals surface area contributed by atoms with Gasteiger partial charge in [-0.2, -0.15) is 10.1 Å². The van der Waals surface area contributed by atoms with Crippen LogP contribution in [0.25, 0.3) is 20.3 Å². The van der Waals surface area contributed by atoms with E-state index in [1.54, 1.807) is 11.3 Å². The molecular formula is C16H11Cl2N5S. The lowest BCUT2D eigenvalue weighted by atomic mass is 10.2. The van der Waals surface area contributed by atoms with Gasteiger partial charge in [0.25, 0.3) is 0 Å². The van der Waals surface area contributed by atoms with Crippen LogP contribution < -0.4 is 5.32 Å². The molecule has 5 rings (SSSR count). The minimum atomic E-state index is 0.206. The van der Waals surface area contributed by atoms with E-state index in [1.807, 2.05) is 24.3 Å². The van der Waals surface area contributed by atoms with Gasteiger partial charge in [-0.3, -0.25) is 5.10 Å². The van der Waals surface area contributed by atoms with Crippen LogP contribution in [0.1, 0.15) is 24.5 Å². The van der Waals surface area contributed by atoms with Crippen molar-refractivity contribution < 1.29 is 0 Å². The third-order valence-electron chi connectivity index (χ3n) is 4.11. The number of anilines is 2. The number of halogens is 2. The topological polar surface area (TPSA) is 66.5 Å². The molecular weight excluding hydrogens is 365 g/mol. The van der Waals surface area contributed by atoms with Crippen LogP contribution in [0.3, 0.4) is 0 Å². The Morgan fingerprint density at radius 1 is 1.17 bits per heavy atom. The molecule has 4 aromatic rings. The summed E-state index contributed by atoms with van der Waals surface area (Å²) >= 11 is 13.8. The van der Waals surface area contributed by atoms with Crippen molar-refractivity contribution in [2.24, 2.45) is 0 Å². The average molecular weight is 376 g/mol. The maximum atomic E-state index is 6.13. The number of aromatic amines is 1. The Bertz CT molecular complexity index is 1080. The summed E-state index contributed by atoms with van der Waals surface area (Å²) in [6.45, 7) is 0. The highest BCUT2D eigenvalue weighted by molar-refractivity contribution is 7.26. The van der Waals surface area contributed by atoms with E-state index in [2.05, 4.69) is 25.5 Å². The fourth-order valence-electron chi connectivity index (χ4n) is 2.80. The summed E-state index contributed by atoms with van der Waals surface area (Å²) in [4.78, 5) is 8.74. The molecule has 0 atom stereocenters. The van der Waals surface area contributed by atoms with Gasteiger partial charge in [-0.25, -0.2) is 4.98 Å². The molecule has 1 aliphatic rings. The quantitative estimate of drug-likeness (QED) is 0.464. The number of nitrogens with one attached hydrogen (secondary N) is 2. The largest absolute Gasteiger partial charge is 0.322 e. The van der Waals surface area contributed by atoms with Crippen LogP contribution in [0.4, 0.5) is 11.6 Å². The van der Waals surface area contributed by atoms with Crippen molar-refractivity contribution in [3.63, 3.8) is 0 Å². The molecule has 0 amide bonds. The predicted octanol–water partition coefficient (Wildman–Crippen LogP) is 5.50. The van der Waals surface area contributed by atoms with Gasteiger partial charge in [-0.05, 0) is 42.6 Å². The van der Waals surface area contributed by atoms with E-state index in [0.29, 0.717) is 16.8 Å². The first-order valence-electron chi connectivity index (χ1n) is 7.55. The monoisotopic (exact) mass is 375 g/mol. The van der Waals surface area contributed by atoms with Crippen molar-refractivity contribution in [3.8, 4) is 0 Å². The van der Waals surface area contributed by atoms with Crippen molar-refractivity contribution in [1.82, 2.24) is 20.2 Å². The highest BCUT2D eigenvalue weighted by Gasteiger charge is 2.25. The van der Waals surface area contributed by atoms with E-state index in [4.69, 9.17) is 23.2 Å². The highest BCUT2D eigenvalue weighted by Crippen LogP contribution is 2.41. The second-order valence-electron chi connectivity index (χ2n) is 5.87. The van der Waals surface area contributed by atoms with Gasteiger partial charge in [0.1, 0.15) is 0 Å². The van der Waals surface area contributed by atoms with Crippen LogP contribution in [0.15, 0.2) is 24.3 Å². The van der Waals surface area contributed by atoms with Gasteiger partial charge in [0.2, 0.25) is 5.28 Å². The third-order valence-corrected chi connectivity index (χ3v) is 5.66. The molecule has 0 radical (unpaired) electrons. The van der Waals surface area contributed by atoms with Crippen molar-refractivity contribution in [1.29, 1.82) is 0 Å². The Labute approximate surface area is 151 Å². The second-order valence-corrected chi connectivity index (χ2v) is 7.70. The number of hydrogen-bond donors (Lipinski definition) is 2. The Balaban J connectivity index is 1.64. The number of H-pyrrole nitrogens is 1. The molecule has 5 nitrogen and oxygen atoms in total. The van der Waals surface area contributed by atoms with E-state index in [0.717, 1.165) is 31.8 Å². The summed E-state index contributed by atoms with van der Waals surface area (Å²) < 4.78 is 1.99. The molecule has 120 valence electrons. The summed E-state index contributed by atoms with van der Waals surface area (Å²) in [6.07, 6.45) is 2.45. The van der Waals surface area contributed by atoms with E-state index in [1.165, 1.54) is 12.8 Å². The van der Waals surface area contributed by atoms with Crippen molar-refractivity contribution >= 4 is 66.5 Å². The Hall–Kier alpha value is -1.89. The lowest BCUT2D eigenvalue weighted by Gasteiger charge is -2.03. The van der Waals surface area contributed by atoms with E-state index < -0.39 is 0 Å². The molecule has 1 aliphatic carbocycles. The molecule has 2 N–H and O–H groups in total. The fourth-order valence-corrected chi connectivity index (χ4v) is 4.33. The van der Waals surface area contributed by atoms with Crippen molar-refractivity contribution in [2.75, 3.05) is 5.32 Å². The zero-order chi connectivity index (χ0) is 16.3. The maximum Gasteiger partial charge on any atom is 0.225 e. The fraction of sp³-hybridized carbons (Fsp3) is 0.188. The average Bonchev–Trinajstić information content (AvgIpc) is 3.19. The Morgan fingerprint density at radius 2 is 2.04 bits per heavy atom. The maximum absolute atomic E-state index is 6.13. The first-order valence-corrected chi connectivity index (χ1v) is 9.12. The zero-order valence-corrected chi connectivity index (χ0v) is 14.6. The molecule has 8 heteroatoms. The van der Waals surface area contributed by atoms with E-state index in [-0.39, 0.29) is 5.28 Å². The SMILES string of the molecule is Clc1ccc2c(c1)sc1c(Nc3cc(C4CC4)[nH]n3)nc(Cl)nc12. The van der Waals surface area contributed by atoms with Crippen LogP contribution in [0, 0.1) is 0 Å². The number of nitrogens with zero attached hydrogens (tertiary/aromatic N) is 3. The molecule has 0 aliphatic heterocycles. The minimum absolute atomic E-state index is 0.206. The van der Waals surface area contributed by atoms with E-state index in [9.17, 15) is 0 Å². The molecule has 0 bridgehead atoms. The summed E-state index contributed by atoms with van der Waals surface area (Å²) in [5.41, 5.74) is 1.99. The van der Waals surface area contributed by atoms with Crippen LogP contribution in [-0.2, 0) is 0 Å². The summed E-state index contributed by atoms with van der Waals surface area (Å²) in [5.74, 6) is 2.02. The molecule has 0 spiro atoms. The highest BCUT2D eigenvalue weighted by atomic mass is 35.5. The number of benzene rings is 1. The molecule has 0 saturated heterocycles. The third kappa shape index (κ3) is 2.42. The van der Waals surface area contributed by atoms with Crippen molar-refractivity contribution in [3.05, 3.63) is 40.3 Å². The van der Waals surface area contributed by atoms with Gasteiger partial charge in [-0.1, -0.05) is 11.6 Å². The number of aromatic nitrogens is 4. The zero-order valence-electron chi connectivity index (χ0n) is 12.3. The molecule has 1 saturated carbocycles. The lowest BCUT2D eigenvalue weighted by Crippen LogP contribution is -1.96. The summed E-state index contributed by atoms with van der Waals surface area (Å²) in [7, 11) is 0. The van der Waals surface area contributed by atoms with E-state index >= 15 is 0 Å². The molecule has 1 fully saturated rings. The van der Waals surface area contributed by atoms with Gasteiger partial charge >= 0.3 is 0 Å². The number of rotatable bonds is 3. The lowest BCUT2D eigenvalue weighted by molar-refractivity contribution is 0.966. The van der Waals surface area contributed by atoms with Crippen molar-refractivity contribution in [2.45, 2.75) is 18.8 Å². The van der Waals surface area contributed by atoms with Gasteiger partial charge < -0.3 is 5.32 Å². The van der Waals surface area contributed by atoms with Crippen LogP contribution in [0.5, 0.6) is 0 Å². The van der Waals surface area contributed by atoms with Gasteiger partial charge in [-0.15, -0.1) is 11.3 Å². The molecule has 24 heavy (non-hydrogen) atoms. The Kier molecular flexibility index (Phi) is 3.20. The minimum Gasteiger partial charge on any atom is -0.322 e. The van der Waals surface area contributed by atoms with Gasteiger partial charge in [0, 0.05) is 32.8 Å². The summed E-state index contributed by atoms with van der Waals surface area (Å²) in [5, 5.41) is 12.6. The first kappa shape index (κ1) is 14.5. The van der Waals surface area contributed by atoms with Gasteiger partial charge in [0.05, 0.1) is 10.2 Å². The molecule has 0 unspecified atom stereocenters. The number of fused-ring (bicyclic) bond motifs is 3. The van der Waals surface area contributed by atoms with Crippen LogP contribution >= 0.6 is 34.5 Å². The first-order chi connectivity index (χ1) is 11.7. The second kappa shape index (κ2) is 5.31. The van der Waals surface area contributed by atoms with Gasteiger partial charge in [0.15, 0.2) is 11.6 Å². The number of thiophene rings is 1. The Morgan fingerprint density at radius 3 is 2.88 bits per heavy atom. The normalized spacial score (nSPS) is 14.6.